The molecule has 1 aliphatic carbocycles. The quantitative estimate of drug-likeness (QED) is 0.256. The fraction of sp³-hybridized carbons (Fsp3) is 0.630. The highest BCUT2D eigenvalue weighted by Gasteiger charge is 2.20. The molecule has 11 heteroatoms. The molecule has 0 atom stereocenters. The van der Waals surface area contributed by atoms with Crippen LogP contribution in [0.25, 0.3) is 0 Å². The molecule has 1 aliphatic heterocycles. The number of carbonyl (C=O) groups is 1. The number of ether oxygens (including phenoxy) is 2. The first kappa shape index (κ1) is 28.0. The number of aromatic nitrogens is 3. The van der Waals surface area contributed by atoms with Crippen LogP contribution in [0.3, 0.4) is 0 Å². The lowest BCUT2D eigenvalue weighted by molar-refractivity contribution is 0.0511. The number of anilines is 3. The maximum atomic E-state index is 12.4. The van der Waals surface area contributed by atoms with Gasteiger partial charge < -0.3 is 36.1 Å². The minimum absolute atomic E-state index is 0.126. The van der Waals surface area contributed by atoms with Gasteiger partial charge in [-0.05, 0) is 43.4 Å². The fourth-order valence-electron chi connectivity index (χ4n) is 4.70. The van der Waals surface area contributed by atoms with Gasteiger partial charge in [-0.1, -0.05) is 31.4 Å². The first-order chi connectivity index (χ1) is 18.7. The summed E-state index contributed by atoms with van der Waals surface area (Å²) in [6, 6.07) is 7.96. The largest absolute Gasteiger partial charge is 0.378 e. The van der Waals surface area contributed by atoms with Gasteiger partial charge >= 0.3 is 0 Å². The number of nitrogens with two attached hydrogens (primary N) is 1. The number of amides is 1. The molecule has 208 valence electrons. The van der Waals surface area contributed by atoms with Gasteiger partial charge in [-0.3, -0.25) is 4.79 Å². The van der Waals surface area contributed by atoms with Crippen molar-refractivity contribution in [3.05, 3.63) is 35.4 Å². The van der Waals surface area contributed by atoms with E-state index in [1.165, 1.54) is 19.3 Å². The average molecular weight is 527 g/mol. The summed E-state index contributed by atoms with van der Waals surface area (Å²) in [5.74, 6) is 1.82. The summed E-state index contributed by atoms with van der Waals surface area (Å²) in [4.78, 5) is 28.8. The maximum Gasteiger partial charge on any atom is 0.251 e. The van der Waals surface area contributed by atoms with E-state index < -0.39 is 0 Å². The molecule has 5 N–H and O–H groups in total. The van der Waals surface area contributed by atoms with Crippen LogP contribution in [-0.4, -0.2) is 79.5 Å². The van der Waals surface area contributed by atoms with E-state index in [4.69, 9.17) is 25.2 Å². The second kappa shape index (κ2) is 15.4. The molecule has 0 bridgehead atoms. The molecule has 38 heavy (non-hydrogen) atoms. The lowest BCUT2D eigenvalue weighted by Crippen LogP contribution is -2.27. The van der Waals surface area contributed by atoms with Crippen molar-refractivity contribution in [3.63, 3.8) is 0 Å². The third-order valence-electron chi connectivity index (χ3n) is 6.78. The Balaban J connectivity index is 1.26. The van der Waals surface area contributed by atoms with Crippen molar-refractivity contribution in [1.29, 1.82) is 0 Å². The van der Waals surface area contributed by atoms with Crippen molar-refractivity contribution in [2.24, 2.45) is 5.73 Å². The van der Waals surface area contributed by atoms with Crippen LogP contribution in [0.1, 0.15) is 60.9 Å². The summed E-state index contributed by atoms with van der Waals surface area (Å²) in [5, 5.41) is 9.77. The zero-order chi connectivity index (χ0) is 26.4. The number of hydrogen-bond acceptors (Lipinski definition) is 10. The van der Waals surface area contributed by atoms with Crippen molar-refractivity contribution in [2.45, 2.75) is 57.5 Å². The van der Waals surface area contributed by atoms with Crippen molar-refractivity contribution < 1.29 is 14.3 Å². The molecule has 0 radical (unpaired) electrons. The highest BCUT2D eigenvalue weighted by Crippen LogP contribution is 2.23. The van der Waals surface area contributed by atoms with Crippen LogP contribution >= 0.6 is 0 Å². The molecule has 2 heterocycles. The van der Waals surface area contributed by atoms with E-state index in [0.717, 1.165) is 50.3 Å². The number of hydrogen-bond donors (Lipinski definition) is 4. The third kappa shape index (κ3) is 9.07. The number of nitrogens with zero attached hydrogens (tertiary/aromatic N) is 4. The second-order valence-corrected chi connectivity index (χ2v) is 9.78. The van der Waals surface area contributed by atoms with Crippen LogP contribution < -0.4 is 26.6 Å². The van der Waals surface area contributed by atoms with E-state index in [0.29, 0.717) is 69.6 Å². The van der Waals surface area contributed by atoms with Crippen LogP contribution in [0.4, 0.5) is 17.8 Å². The van der Waals surface area contributed by atoms with Crippen LogP contribution in [0, 0.1) is 0 Å². The fourth-order valence-corrected chi connectivity index (χ4v) is 4.70. The maximum absolute atomic E-state index is 12.4. The molecule has 4 rings (SSSR count). The van der Waals surface area contributed by atoms with Gasteiger partial charge in [-0.25, -0.2) is 0 Å². The first-order valence-corrected chi connectivity index (χ1v) is 14.0. The molecule has 0 spiro atoms. The van der Waals surface area contributed by atoms with Crippen molar-refractivity contribution in [1.82, 2.24) is 20.3 Å². The van der Waals surface area contributed by atoms with Gasteiger partial charge in [0.2, 0.25) is 17.8 Å². The highest BCUT2D eigenvalue weighted by molar-refractivity contribution is 5.94. The monoisotopic (exact) mass is 526 g/mol. The van der Waals surface area contributed by atoms with Crippen LogP contribution in [0.5, 0.6) is 0 Å². The standard InChI is InChI=1S/C27H42N8O3/c28-12-16-37-18-19-38-17-13-29-24(36)22-10-8-21(9-11-22)20-30-25-32-26(31-23-6-2-1-3-7-23)34-27(33-25)35-14-4-5-15-35/h8-11,23H,1-7,12-20,28H2,(H,29,36)(H2,30,31,32,33,34). The molecule has 1 aromatic heterocycles. The van der Waals surface area contributed by atoms with Crippen molar-refractivity contribution in [2.75, 3.05) is 68.1 Å². The first-order valence-electron chi connectivity index (χ1n) is 14.0. The lowest BCUT2D eigenvalue weighted by Gasteiger charge is -2.24. The Hall–Kier alpha value is -3.02. The zero-order valence-electron chi connectivity index (χ0n) is 22.3. The molecule has 1 saturated carbocycles. The topological polar surface area (TPSA) is 140 Å². The lowest BCUT2D eigenvalue weighted by atomic mass is 9.96. The van der Waals surface area contributed by atoms with Crippen molar-refractivity contribution >= 4 is 23.8 Å². The number of nitrogens with one attached hydrogen (secondary N) is 3. The molecule has 2 aromatic rings. The Morgan fingerprint density at radius 3 is 2.34 bits per heavy atom. The highest BCUT2D eigenvalue weighted by atomic mass is 16.5. The molecule has 1 saturated heterocycles. The van der Waals surface area contributed by atoms with E-state index >= 15 is 0 Å². The SMILES string of the molecule is NCCOCCOCCNC(=O)c1ccc(CNc2nc(NC3CCCCC3)nc(N3CCCC3)n2)cc1. The summed E-state index contributed by atoms with van der Waals surface area (Å²) in [5.41, 5.74) is 7.01. The molecule has 1 aromatic carbocycles. The van der Waals surface area contributed by atoms with E-state index in [1.54, 1.807) is 0 Å². The summed E-state index contributed by atoms with van der Waals surface area (Å²) in [6.07, 6.45) is 8.45. The van der Waals surface area contributed by atoms with E-state index in [-0.39, 0.29) is 5.91 Å². The molecule has 2 aliphatic rings. The summed E-state index contributed by atoms with van der Waals surface area (Å²) >= 11 is 0. The predicted octanol–water partition coefficient (Wildman–Crippen LogP) is 2.55. The van der Waals surface area contributed by atoms with Crippen LogP contribution in [0.2, 0.25) is 0 Å². The van der Waals surface area contributed by atoms with Gasteiger partial charge in [0.05, 0.1) is 26.4 Å². The zero-order valence-corrected chi connectivity index (χ0v) is 22.3. The van der Waals surface area contributed by atoms with Gasteiger partial charge in [-0.15, -0.1) is 0 Å². The summed E-state index contributed by atoms with van der Waals surface area (Å²) in [7, 11) is 0. The van der Waals surface area contributed by atoms with Gasteiger partial charge in [0.1, 0.15) is 0 Å². The molecule has 1 amide bonds. The van der Waals surface area contributed by atoms with Crippen LogP contribution in [-0.2, 0) is 16.0 Å². The number of benzene rings is 1. The molecular weight excluding hydrogens is 484 g/mol. The molecular formula is C27H42N8O3. The number of carbonyl (C=O) groups excluding carboxylic acids is 1. The summed E-state index contributed by atoms with van der Waals surface area (Å²) < 4.78 is 10.7. The van der Waals surface area contributed by atoms with Gasteiger partial charge in [0.25, 0.3) is 5.91 Å². The minimum Gasteiger partial charge on any atom is -0.378 e. The summed E-state index contributed by atoms with van der Waals surface area (Å²) in [6.45, 7) is 5.39. The Labute approximate surface area is 225 Å². The van der Waals surface area contributed by atoms with Crippen LogP contribution in [0.15, 0.2) is 24.3 Å². The normalized spacial score (nSPS) is 16.0. The molecule has 0 unspecified atom stereocenters. The van der Waals surface area contributed by atoms with E-state index in [9.17, 15) is 4.79 Å². The van der Waals surface area contributed by atoms with Crippen molar-refractivity contribution in [3.8, 4) is 0 Å². The second-order valence-electron chi connectivity index (χ2n) is 9.78. The minimum atomic E-state index is -0.126. The Kier molecular flexibility index (Phi) is 11.4. The van der Waals surface area contributed by atoms with Gasteiger partial charge in [-0.2, -0.15) is 15.0 Å². The average Bonchev–Trinajstić information content (AvgIpc) is 3.49. The molecule has 11 nitrogen and oxygen atoms in total. The van der Waals surface area contributed by atoms with E-state index in [1.807, 2.05) is 24.3 Å². The van der Waals surface area contributed by atoms with Gasteiger partial charge in [0.15, 0.2) is 0 Å². The third-order valence-corrected chi connectivity index (χ3v) is 6.78. The predicted molar refractivity (Wildman–Crippen MR) is 149 cm³/mol. The smallest absolute Gasteiger partial charge is 0.251 e. The Morgan fingerprint density at radius 1 is 0.895 bits per heavy atom. The molecule has 2 fully saturated rings. The van der Waals surface area contributed by atoms with E-state index in [2.05, 4.69) is 25.8 Å². The Morgan fingerprint density at radius 2 is 1.61 bits per heavy atom. The van der Waals surface area contributed by atoms with Gasteiger partial charge in [0, 0.05) is 44.3 Å². The Bertz CT molecular complexity index is 979. The number of rotatable bonds is 15.